The highest BCUT2D eigenvalue weighted by atomic mass is 32.2. The summed E-state index contributed by atoms with van der Waals surface area (Å²) in [6.45, 7) is 0.189. The van der Waals surface area contributed by atoms with E-state index in [1.807, 2.05) is 42.5 Å². The van der Waals surface area contributed by atoms with E-state index in [-0.39, 0.29) is 49.0 Å². The third-order valence-corrected chi connectivity index (χ3v) is 12.3. The second-order valence-corrected chi connectivity index (χ2v) is 16.0. The second-order valence-electron chi connectivity index (χ2n) is 14.0. The average molecular weight is 674 g/mol. The van der Waals surface area contributed by atoms with Gasteiger partial charge in [-0.25, -0.2) is 8.42 Å². The molecule has 3 aromatic rings. The lowest BCUT2D eigenvalue weighted by Gasteiger charge is -2.29. The Bertz CT molecular complexity index is 1770. The molecule has 4 aliphatic rings. The number of fused-ring (bicyclic) bond motifs is 3. The first-order valence-electron chi connectivity index (χ1n) is 17.3. The summed E-state index contributed by atoms with van der Waals surface area (Å²) < 4.78 is 39.9. The van der Waals surface area contributed by atoms with Crippen LogP contribution in [-0.4, -0.2) is 59.8 Å². The number of ketones is 1. The van der Waals surface area contributed by atoms with E-state index >= 15 is 0 Å². The van der Waals surface area contributed by atoms with Gasteiger partial charge in [0.1, 0.15) is 11.6 Å². The van der Waals surface area contributed by atoms with Crippen LogP contribution in [0.3, 0.4) is 0 Å². The smallest absolute Gasteiger partial charge is 0.394 e. The van der Waals surface area contributed by atoms with Crippen molar-refractivity contribution in [3.05, 3.63) is 72.3 Å². The van der Waals surface area contributed by atoms with Crippen LogP contribution >= 0.6 is 0 Å². The van der Waals surface area contributed by atoms with E-state index in [2.05, 4.69) is 27.9 Å². The van der Waals surface area contributed by atoms with E-state index in [0.717, 1.165) is 44.1 Å². The van der Waals surface area contributed by atoms with Crippen LogP contribution in [0.2, 0.25) is 0 Å². The molecule has 2 amide bonds. The number of Topliss-reactive ketones (excluding diaryl/α,β-unsaturated/α-hetero) is 1. The number of allylic oxidation sites excluding steroid dienone is 2. The number of sulfonamides is 1. The molecule has 2 aliphatic heterocycles. The summed E-state index contributed by atoms with van der Waals surface area (Å²) in [5.41, 5.74) is 1.23. The number of aromatic nitrogens is 1. The van der Waals surface area contributed by atoms with Gasteiger partial charge in [-0.05, 0) is 75.0 Å². The number of amides is 2. The van der Waals surface area contributed by atoms with Gasteiger partial charge in [0, 0.05) is 18.8 Å². The fourth-order valence-corrected chi connectivity index (χ4v) is 8.81. The fourth-order valence-electron chi connectivity index (χ4n) is 7.43. The van der Waals surface area contributed by atoms with Gasteiger partial charge in [-0.1, -0.05) is 67.5 Å². The summed E-state index contributed by atoms with van der Waals surface area (Å²) in [6.07, 6.45) is 10.9. The molecule has 2 aliphatic carbocycles. The number of nitrogens with one attached hydrogen (secondary N) is 1. The number of aryl methyl sites for hydroxylation is 1. The maximum Gasteiger partial charge on any atom is 0.394 e. The highest BCUT2D eigenvalue weighted by molar-refractivity contribution is 7.90. The summed E-state index contributed by atoms with van der Waals surface area (Å²) in [7, 11) is -3.78. The van der Waals surface area contributed by atoms with Crippen molar-refractivity contribution in [2.24, 2.45) is 17.3 Å². The molecule has 5 atom stereocenters. The van der Waals surface area contributed by atoms with Crippen molar-refractivity contribution in [1.82, 2.24) is 14.6 Å². The van der Waals surface area contributed by atoms with Gasteiger partial charge >= 0.3 is 6.08 Å². The van der Waals surface area contributed by atoms with Crippen LogP contribution in [-0.2, 0) is 30.8 Å². The zero-order valence-electron chi connectivity index (χ0n) is 27.1. The van der Waals surface area contributed by atoms with Gasteiger partial charge in [0.15, 0.2) is 11.4 Å². The first-order chi connectivity index (χ1) is 23.2. The molecular formula is C37H43N3O7S. The van der Waals surface area contributed by atoms with Crippen molar-refractivity contribution in [3.8, 4) is 6.08 Å². The monoisotopic (exact) mass is 673 g/mol. The van der Waals surface area contributed by atoms with Crippen LogP contribution in [0, 0.1) is 17.3 Å². The number of ether oxygens (including phenoxy) is 1. The van der Waals surface area contributed by atoms with Crippen molar-refractivity contribution >= 4 is 38.7 Å². The number of carbonyl (C=O) groups is 3. The van der Waals surface area contributed by atoms with Crippen LogP contribution < -0.4 is 9.46 Å². The molecule has 48 heavy (non-hydrogen) atoms. The van der Waals surface area contributed by atoms with Gasteiger partial charge in [-0.15, -0.1) is 0 Å². The Morgan fingerprint density at radius 1 is 1.02 bits per heavy atom. The lowest BCUT2D eigenvalue weighted by molar-refractivity contribution is -0.142. The molecule has 2 saturated carbocycles. The van der Waals surface area contributed by atoms with Crippen molar-refractivity contribution in [1.29, 1.82) is 0 Å². The molecule has 0 unspecified atom stereocenters. The number of rotatable bonds is 8. The predicted molar refractivity (Wildman–Crippen MR) is 179 cm³/mol. The Morgan fingerprint density at radius 3 is 2.60 bits per heavy atom. The number of nitrogens with zero attached hydrogens (tertiary/aromatic N) is 2. The Hall–Kier alpha value is -3.99. The van der Waals surface area contributed by atoms with Gasteiger partial charge in [0.25, 0.3) is 0 Å². The largest absolute Gasteiger partial charge is 0.445 e. The molecule has 11 heteroatoms. The van der Waals surface area contributed by atoms with Gasteiger partial charge < -0.3 is 14.1 Å². The van der Waals surface area contributed by atoms with Crippen molar-refractivity contribution in [3.63, 3.8) is 0 Å². The standard InChI is InChI=1S/C37H43N3O7S/c41-32-23-37(35(43)39-48(44,45)29-19-20-29)22-27(37)14-8-3-1-2-7-13-26(18-17-25-11-5-4-6-12-25)34(42)40-24-28(21-31(32)40)46-36-38-30-15-9-10-16-33(30)47-36/h4-6,8-12,14-16,26-29,31H,1-3,7,13,17-24H2,(H,39,43)/b14-8-/t26-,27-,28-,31+,37-/m1/s1. The Kier molecular flexibility index (Phi) is 9.15. The number of oxazole rings is 1. The van der Waals surface area contributed by atoms with Gasteiger partial charge in [0.2, 0.25) is 21.8 Å². The van der Waals surface area contributed by atoms with Crippen molar-refractivity contribution in [2.75, 3.05) is 6.54 Å². The molecule has 1 N–H and O–H groups in total. The third-order valence-electron chi connectivity index (χ3n) is 10.5. The van der Waals surface area contributed by atoms with E-state index in [0.29, 0.717) is 36.8 Å². The SMILES string of the molecule is O=C1C[C@]2(C(=O)NS(=O)(=O)C3CC3)C[C@H]2/C=C\CCCCC[C@H](CCc2ccccc2)C(=O)N2C[C@H](Oc3nc4ccccc4o3)C[C@@H]12. The van der Waals surface area contributed by atoms with Gasteiger partial charge in [0.05, 0.1) is 23.3 Å². The molecule has 1 aromatic heterocycles. The molecule has 3 fully saturated rings. The maximum atomic E-state index is 14.5. The summed E-state index contributed by atoms with van der Waals surface area (Å²) in [6, 6.07) is 16.6. The molecule has 1 saturated heterocycles. The van der Waals surface area contributed by atoms with Crippen LogP contribution in [0.15, 0.2) is 71.2 Å². The molecule has 2 aromatic carbocycles. The minimum Gasteiger partial charge on any atom is -0.445 e. The van der Waals surface area contributed by atoms with Gasteiger partial charge in [-0.3, -0.25) is 19.1 Å². The minimum atomic E-state index is -3.78. The molecule has 254 valence electrons. The molecular weight excluding hydrogens is 630 g/mol. The van der Waals surface area contributed by atoms with E-state index in [9.17, 15) is 22.8 Å². The first kappa shape index (κ1) is 32.6. The topological polar surface area (TPSA) is 136 Å². The summed E-state index contributed by atoms with van der Waals surface area (Å²) in [5.74, 6) is -1.46. The highest BCUT2D eigenvalue weighted by Gasteiger charge is 2.61. The molecule has 0 bridgehead atoms. The molecule has 3 heterocycles. The van der Waals surface area contributed by atoms with Crippen LogP contribution in [0.4, 0.5) is 0 Å². The van der Waals surface area contributed by atoms with E-state index < -0.39 is 38.7 Å². The van der Waals surface area contributed by atoms with E-state index in [1.165, 1.54) is 0 Å². The van der Waals surface area contributed by atoms with Crippen molar-refractivity contribution < 1.29 is 32.0 Å². The molecule has 10 nitrogen and oxygen atoms in total. The van der Waals surface area contributed by atoms with Crippen molar-refractivity contribution in [2.45, 2.75) is 94.4 Å². The number of carbonyl (C=O) groups excluding carboxylic acids is 3. The maximum absolute atomic E-state index is 14.5. The Balaban J connectivity index is 1.16. The second kappa shape index (κ2) is 13.5. The summed E-state index contributed by atoms with van der Waals surface area (Å²) in [4.78, 5) is 48.5. The zero-order chi connectivity index (χ0) is 33.3. The first-order valence-corrected chi connectivity index (χ1v) is 18.9. The lowest BCUT2D eigenvalue weighted by atomic mass is 9.90. The van der Waals surface area contributed by atoms with Crippen LogP contribution in [0.25, 0.3) is 11.1 Å². The average Bonchev–Trinajstić information content (AvgIpc) is 3.97. The fraction of sp³-hybridized carbons (Fsp3) is 0.514. The number of benzene rings is 2. The zero-order valence-corrected chi connectivity index (χ0v) is 27.9. The lowest BCUT2D eigenvalue weighted by Crippen LogP contribution is -2.46. The van der Waals surface area contributed by atoms with E-state index in [4.69, 9.17) is 9.15 Å². The molecule has 0 spiro atoms. The number of hydrogen-bond donors (Lipinski definition) is 1. The highest BCUT2D eigenvalue weighted by Crippen LogP contribution is 2.57. The quantitative estimate of drug-likeness (QED) is 0.309. The van der Waals surface area contributed by atoms with Crippen LogP contribution in [0.5, 0.6) is 6.08 Å². The van der Waals surface area contributed by atoms with Crippen LogP contribution in [0.1, 0.15) is 76.2 Å². The Morgan fingerprint density at radius 2 is 1.81 bits per heavy atom. The predicted octanol–water partition coefficient (Wildman–Crippen LogP) is 5.52. The summed E-state index contributed by atoms with van der Waals surface area (Å²) >= 11 is 0. The number of para-hydroxylation sites is 2. The third kappa shape index (κ3) is 7.06. The summed E-state index contributed by atoms with van der Waals surface area (Å²) in [5, 5.41) is -0.552. The minimum absolute atomic E-state index is 0.0805. The normalized spacial score (nSPS) is 29.0. The van der Waals surface area contributed by atoms with E-state index in [1.54, 1.807) is 11.0 Å². The number of hydrogen-bond acceptors (Lipinski definition) is 8. The van der Waals surface area contributed by atoms with Gasteiger partial charge in [-0.2, -0.15) is 4.98 Å². The Labute approximate surface area is 281 Å². The molecule has 7 rings (SSSR count). The molecule has 0 radical (unpaired) electrons.